The zero-order valence-corrected chi connectivity index (χ0v) is 15.4. The molecule has 1 spiro atoms. The van der Waals surface area contributed by atoms with E-state index in [1.54, 1.807) is 24.3 Å². The van der Waals surface area contributed by atoms with Crippen molar-refractivity contribution < 1.29 is 31.1 Å². The van der Waals surface area contributed by atoms with Crippen LogP contribution in [0, 0.1) is 0 Å². The number of carbonyl (C=O) groups excluding carboxylic acids is 1. The highest BCUT2D eigenvalue weighted by Gasteiger charge is 2.49. The van der Waals surface area contributed by atoms with Gasteiger partial charge in [0.15, 0.2) is 0 Å². The van der Waals surface area contributed by atoms with Crippen LogP contribution in [0.4, 0.5) is 13.2 Å². The standard InChI is InChI=1S/C19H16F3NO4S/c20-19(21,22)15-7-3-4-8-16(15)28(25,26)23-11-9-18(10-12-23)14-6-2-1-5-13(14)17(24)27-18/h1-8H,9-12H2. The molecule has 2 aromatic carbocycles. The number of alkyl halides is 3. The molecule has 1 saturated heterocycles. The smallest absolute Gasteiger partial charge is 0.417 e. The fraction of sp³-hybridized carbons (Fsp3) is 0.316. The van der Waals surface area contributed by atoms with Gasteiger partial charge in [0.1, 0.15) is 5.60 Å². The summed E-state index contributed by atoms with van der Waals surface area (Å²) in [5, 5.41) is 0. The highest BCUT2D eigenvalue weighted by atomic mass is 32.2. The third kappa shape index (κ3) is 2.89. The van der Waals surface area contributed by atoms with E-state index in [2.05, 4.69) is 0 Å². The van der Waals surface area contributed by atoms with Gasteiger partial charge in [0.05, 0.1) is 16.0 Å². The molecule has 5 nitrogen and oxygen atoms in total. The molecule has 1 fully saturated rings. The number of hydrogen-bond acceptors (Lipinski definition) is 4. The second-order valence-corrected chi connectivity index (χ2v) is 8.73. The van der Waals surface area contributed by atoms with Crippen molar-refractivity contribution in [1.29, 1.82) is 0 Å². The van der Waals surface area contributed by atoms with Gasteiger partial charge in [-0.15, -0.1) is 0 Å². The molecule has 9 heteroatoms. The summed E-state index contributed by atoms with van der Waals surface area (Å²) in [6.45, 7) is -0.0910. The summed E-state index contributed by atoms with van der Waals surface area (Å²) >= 11 is 0. The molecule has 0 radical (unpaired) electrons. The summed E-state index contributed by atoms with van der Waals surface area (Å²) in [7, 11) is -4.34. The van der Waals surface area contributed by atoms with Crippen molar-refractivity contribution >= 4 is 16.0 Å². The molecule has 0 saturated carbocycles. The molecule has 2 aliphatic rings. The Kier molecular flexibility index (Phi) is 4.27. The molecular formula is C19H16F3NO4S. The molecule has 28 heavy (non-hydrogen) atoms. The summed E-state index contributed by atoms with van der Waals surface area (Å²) < 4.78 is 72.1. The van der Waals surface area contributed by atoms with E-state index in [4.69, 9.17) is 4.74 Å². The molecule has 0 N–H and O–H groups in total. The second-order valence-electron chi connectivity index (χ2n) is 6.83. The van der Waals surface area contributed by atoms with Crippen LogP contribution >= 0.6 is 0 Å². The minimum atomic E-state index is -4.78. The van der Waals surface area contributed by atoms with Gasteiger partial charge < -0.3 is 4.74 Å². The van der Waals surface area contributed by atoms with Crippen LogP contribution in [0.15, 0.2) is 53.4 Å². The monoisotopic (exact) mass is 411 g/mol. The molecule has 0 bridgehead atoms. The van der Waals surface area contributed by atoms with E-state index in [-0.39, 0.29) is 25.9 Å². The number of hydrogen-bond donors (Lipinski definition) is 0. The van der Waals surface area contributed by atoms with E-state index in [1.807, 2.05) is 0 Å². The Morgan fingerprint density at radius 3 is 2.25 bits per heavy atom. The Balaban J connectivity index is 1.63. The third-order valence-electron chi connectivity index (χ3n) is 5.27. The third-order valence-corrected chi connectivity index (χ3v) is 7.22. The second kappa shape index (κ2) is 6.31. The van der Waals surface area contributed by atoms with Crippen LogP contribution in [0.2, 0.25) is 0 Å². The Labute approximate surface area is 159 Å². The highest BCUT2D eigenvalue weighted by Crippen LogP contribution is 2.45. The Hall–Kier alpha value is -2.39. The molecule has 2 aliphatic heterocycles. The van der Waals surface area contributed by atoms with Crippen molar-refractivity contribution in [1.82, 2.24) is 4.31 Å². The maximum Gasteiger partial charge on any atom is 0.417 e. The number of carbonyl (C=O) groups is 1. The lowest BCUT2D eigenvalue weighted by molar-refractivity contribution is -0.140. The normalized spacial score (nSPS) is 19.5. The Morgan fingerprint density at radius 2 is 1.57 bits per heavy atom. The van der Waals surface area contributed by atoms with E-state index in [0.29, 0.717) is 11.1 Å². The quantitative estimate of drug-likeness (QED) is 0.709. The SMILES string of the molecule is O=C1OC2(CCN(S(=O)(=O)c3ccccc3C(F)(F)F)CC2)c2ccccc21. The first-order valence-electron chi connectivity index (χ1n) is 8.64. The van der Waals surface area contributed by atoms with E-state index < -0.39 is 38.2 Å². The first-order valence-corrected chi connectivity index (χ1v) is 10.1. The molecule has 0 aliphatic carbocycles. The lowest BCUT2D eigenvalue weighted by atomic mass is 9.84. The maximum atomic E-state index is 13.3. The number of esters is 1. The molecule has 0 unspecified atom stereocenters. The van der Waals surface area contributed by atoms with E-state index in [1.165, 1.54) is 6.07 Å². The average molecular weight is 411 g/mol. The van der Waals surface area contributed by atoms with Crippen LogP contribution in [0.5, 0.6) is 0 Å². The molecule has 2 aromatic rings. The van der Waals surface area contributed by atoms with Gasteiger partial charge >= 0.3 is 12.1 Å². The summed E-state index contributed by atoms with van der Waals surface area (Å²) in [6, 6.07) is 11.0. The van der Waals surface area contributed by atoms with Crippen molar-refractivity contribution in [2.24, 2.45) is 0 Å². The number of nitrogens with zero attached hydrogens (tertiary/aromatic N) is 1. The number of fused-ring (bicyclic) bond motifs is 2. The summed E-state index contributed by atoms with van der Waals surface area (Å²) in [5.74, 6) is -0.464. The lowest BCUT2D eigenvalue weighted by Crippen LogP contribution is -2.45. The largest absolute Gasteiger partial charge is 0.450 e. The number of ether oxygens (including phenoxy) is 1. The number of sulfonamides is 1. The van der Waals surface area contributed by atoms with Gasteiger partial charge in [-0.1, -0.05) is 30.3 Å². The predicted molar refractivity (Wildman–Crippen MR) is 93.0 cm³/mol. The van der Waals surface area contributed by atoms with Gasteiger partial charge in [-0.05, 0) is 18.2 Å². The highest BCUT2D eigenvalue weighted by molar-refractivity contribution is 7.89. The topological polar surface area (TPSA) is 63.7 Å². The van der Waals surface area contributed by atoms with Crippen molar-refractivity contribution in [2.45, 2.75) is 29.5 Å². The number of rotatable bonds is 2. The number of piperidine rings is 1. The van der Waals surface area contributed by atoms with Crippen molar-refractivity contribution in [3.63, 3.8) is 0 Å². The van der Waals surface area contributed by atoms with Gasteiger partial charge in [0.2, 0.25) is 10.0 Å². The first-order chi connectivity index (χ1) is 13.2. The molecule has 0 amide bonds. The Morgan fingerprint density at radius 1 is 0.964 bits per heavy atom. The minimum absolute atomic E-state index is 0.0455. The first kappa shape index (κ1) is 18.9. The van der Waals surface area contributed by atoms with Crippen LogP contribution in [0.1, 0.15) is 34.3 Å². The predicted octanol–water partition coefficient (Wildman–Crippen LogP) is 3.56. The van der Waals surface area contributed by atoms with Gasteiger partial charge in [-0.25, -0.2) is 13.2 Å². The van der Waals surface area contributed by atoms with Crippen molar-refractivity contribution in [3.8, 4) is 0 Å². The molecular weight excluding hydrogens is 395 g/mol. The lowest BCUT2D eigenvalue weighted by Gasteiger charge is -2.38. The van der Waals surface area contributed by atoms with E-state index >= 15 is 0 Å². The number of halogens is 3. The average Bonchev–Trinajstić information content (AvgIpc) is 2.93. The van der Waals surface area contributed by atoms with E-state index in [0.717, 1.165) is 22.5 Å². The van der Waals surface area contributed by atoms with Gasteiger partial charge in [0.25, 0.3) is 0 Å². The Bertz CT molecular complexity index is 1040. The fourth-order valence-electron chi connectivity index (χ4n) is 3.87. The van der Waals surface area contributed by atoms with Gasteiger partial charge in [-0.3, -0.25) is 0 Å². The summed E-state index contributed by atoms with van der Waals surface area (Å²) in [4.78, 5) is 11.4. The maximum absolute atomic E-state index is 13.3. The van der Waals surface area contributed by atoms with Crippen molar-refractivity contribution in [3.05, 3.63) is 65.2 Å². The molecule has 0 aromatic heterocycles. The van der Waals surface area contributed by atoms with Crippen LogP contribution < -0.4 is 0 Å². The van der Waals surface area contributed by atoms with Gasteiger partial charge in [-0.2, -0.15) is 17.5 Å². The molecule has 2 heterocycles. The molecule has 0 atom stereocenters. The van der Waals surface area contributed by atoms with Crippen molar-refractivity contribution in [2.75, 3.05) is 13.1 Å². The summed E-state index contributed by atoms with van der Waals surface area (Å²) in [6.07, 6.45) is -4.41. The summed E-state index contributed by atoms with van der Waals surface area (Å²) in [5.41, 5.74) is -0.967. The molecule has 4 rings (SSSR count). The minimum Gasteiger partial charge on any atom is -0.450 e. The van der Waals surface area contributed by atoms with Crippen LogP contribution in [0.25, 0.3) is 0 Å². The van der Waals surface area contributed by atoms with Crippen LogP contribution in [-0.4, -0.2) is 31.8 Å². The zero-order chi connectivity index (χ0) is 20.2. The van der Waals surface area contributed by atoms with Gasteiger partial charge in [0, 0.05) is 31.5 Å². The fourth-order valence-corrected chi connectivity index (χ4v) is 5.52. The van der Waals surface area contributed by atoms with Crippen LogP contribution in [0.3, 0.4) is 0 Å². The molecule has 148 valence electrons. The van der Waals surface area contributed by atoms with Crippen LogP contribution in [-0.2, 0) is 26.5 Å². The number of benzene rings is 2. The van der Waals surface area contributed by atoms with E-state index in [9.17, 15) is 26.4 Å². The zero-order valence-electron chi connectivity index (χ0n) is 14.6.